The molecule has 0 aliphatic rings. The Hall–Kier alpha value is -4.81. The number of carbonyl (C=O) groups is 2. The van der Waals surface area contributed by atoms with Crippen LogP contribution < -0.4 is 16.4 Å². The predicted molar refractivity (Wildman–Crippen MR) is 145 cm³/mol. The lowest BCUT2D eigenvalue weighted by Gasteiger charge is -2.27. The zero-order chi connectivity index (χ0) is 27.3. The van der Waals surface area contributed by atoms with Crippen molar-refractivity contribution in [2.24, 2.45) is 0 Å². The number of nitrogen functional groups attached to an aromatic ring is 1. The molecule has 0 aliphatic carbocycles. The summed E-state index contributed by atoms with van der Waals surface area (Å²) in [7, 11) is 0. The monoisotopic (exact) mass is 514 g/mol. The van der Waals surface area contributed by atoms with E-state index in [9.17, 15) is 14.7 Å². The lowest BCUT2D eigenvalue weighted by atomic mass is 10.00. The number of carbonyl (C=O) groups excluding carboxylic acids is 2. The van der Waals surface area contributed by atoms with Crippen LogP contribution in [0.2, 0.25) is 0 Å². The summed E-state index contributed by atoms with van der Waals surface area (Å²) in [6.07, 6.45) is 2.02. The van der Waals surface area contributed by atoms with Crippen LogP contribution in [0.25, 0.3) is 0 Å². The second kappa shape index (κ2) is 14.1. The highest BCUT2D eigenvalue weighted by Crippen LogP contribution is 2.29. The van der Waals surface area contributed by atoms with Crippen molar-refractivity contribution in [3.63, 3.8) is 0 Å². The number of nitrogens with one attached hydrogen (secondary N) is 2. The number of para-hydroxylation sites is 2. The summed E-state index contributed by atoms with van der Waals surface area (Å²) < 4.78 is 11.7. The summed E-state index contributed by atoms with van der Waals surface area (Å²) in [6.45, 7) is 2.21. The number of allylic oxidation sites excluding steroid dienone is 1. The van der Waals surface area contributed by atoms with Gasteiger partial charge in [-0.1, -0.05) is 30.3 Å². The Labute approximate surface area is 221 Å². The lowest BCUT2D eigenvalue weighted by Crippen LogP contribution is -2.29. The van der Waals surface area contributed by atoms with Gasteiger partial charge >= 0.3 is 6.09 Å². The van der Waals surface area contributed by atoms with E-state index in [1.54, 1.807) is 66.7 Å². The predicted octanol–water partition coefficient (Wildman–Crippen LogP) is 5.52. The topological polar surface area (TPSA) is 147 Å². The first-order valence-electron chi connectivity index (χ1n) is 12.1. The van der Waals surface area contributed by atoms with Crippen LogP contribution in [0.1, 0.15) is 37.0 Å². The van der Waals surface area contributed by atoms with Gasteiger partial charge in [0.05, 0.1) is 29.1 Å². The van der Waals surface area contributed by atoms with Gasteiger partial charge in [-0.2, -0.15) is 5.26 Å². The van der Waals surface area contributed by atoms with E-state index in [2.05, 4.69) is 10.6 Å². The molecule has 0 unspecified atom stereocenters. The van der Waals surface area contributed by atoms with Crippen molar-refractivity contribution in [1.82, 2.24) is 0 Å². The molecule has 0 spiro atoms. The Morgan fingerprint density at radius 3 is 2.42 bits per heavy atom. The minimum Gasteiger partial charge on any atom is -0.508 e. The second-order valence-corrected chi connectivity index (χ2v) is 8.28. The molecule has 3 rings (SSSR count). The number of anilines is 3. The van der Waals surface area contributed by atoms with E-state index < -0.39 is 18.3 Å². The zero-order valence-corrected chi connectivity index (χ0v) is 21.0. The first kappa shape index (κ1) is 27.8. The molecule has 5 N–H and O–H groups in total. The van der Waals surface area contributed by atoms with Crippen LogP contribution in [-0.4, -0.2) is 29.8 Å². The van der Waals surface area contributed by atoms with Gasteiger partial charge in [0.25, 0.3) is 0 Å². The fraction of sp³-hybridized carbons (Fsp3) is 0.207. The minimum atomic E-state index is -0.791. The molecule has 0 bridgehead atoms. The molecule has 196 valence electrons. The smallest absolute Gasteiger partial charge is 0.412 e. The molecule has 2 atom stereocenters. The molecule has 38 heavy (non-hydrogen) atoms. The van der Waals surface area contributed by atoms with Crippen molar-refractivity contribution >= 4 is 29.1 Å². The highest BCUT2D eigenvalue weighted by atomic mass is 16.6. The molecule has 0 saturated carbocycles. The number of hydrogen-bond acceptors (Lipinski definition) is 7. The van der Waals surface area contributed by atoms with Gasteiger partial charge in [0.15, 0.2) is 6.10 Å². The Bertz CT molecular complexity index is 1280. The van der Waals surface area contributed by atoms with Crippen LogP contribution in [0.4, 0.5) is 21.9 Å². The van der Waals surface area contributed by atoms with Crippen molar-refractivity contribution in [3.8, 4) is 11.8 Å². The first-order chi connectivity index (χ1) is 18.4. The first-order valence-corrected chi connectivity index (χ1v) is 12.1. The Morgan fingerprint density at radius 2 is 1.76 bits per heavy atom. The molecular weight excluding hydrogens is 484 g/mol. The van der Waals surface area contributed by atoms with Gasteiger partial charge in [0, 0.05) is 12.3 Å². The maximum atomic E-state index is 12.8. The maximum absolute atomic E-state index is 12.8. The summed E-state index contributed by atoms with van der Waals surface area (Å²) in [4.78, 5) is 25.0. The van der Waals surface area contributed by atoms with Gasteiger partial charge in [0.2, 0.25) is 5.91 Å². The third-order valence-electron chi connectivity index (χ3n) is 5.54. The van der Waals surface area contributed by atoms with Crippen LogP contribution in [-0.2, 0) is 14.3 Å². The van der Waals surface area contributed by atoms with Gasteiger partial charge in [-0.25, -0.2) is 4.79 Å². The van der Waals surface area contributed by atoms with Crippen molar-refractivity contribution in [1.29, 1.82) is 5.26 Å². The molecule has 0 radical (unpaired) electrons. The van der Waals surface area contributed by atoms with Crippen LogP contribution >= 0.6 is 0 Å². The number of amides is 2. The molecule has 0 aromatic heterocycles. The number of nitrogens with two attached hydrogens (primary N) is 1. The SMILES string of the molecule is CCO[C@H](CC/C=C/C(=O)Nc1ccccc1N)[C@H](OC(=O)Nc1ccc(C#N)cc1)c1ccc(O)cc1. The normalized spacial score (nSPS) is 12.3. The van der Waals surface area contributed by atoms with Gasteiger partial charge < -0.3 is 25.6 Å². The summed E-state index contributed by atoms with van der Waals surface area (Å²) in [5, 5.41) is 24.1. The van der Waals surface area contributed by atoms with E-state index >= 15 is 0 Å². The maximum Gasteiger partial charge on any atom is 0.412 e. The number of phenolic OH excluding ortho intramolecular Hbond substituents is 1. The minimum absolute atomic E-state index is 0.0792. The largest absolute Gasteiger partial charge is 0.508 e. The Morgan fingerprint density at radius 1 is 1.05 bits per heavy atom. The van der Waals surface area contributed by atoms with Crippen LogP contribution in [0.5, 0.6) is 5.75 Å². The van der Waals surface area contributed by atoms with E-state index in [0.29, 0.717) is 47.6 Å². The van der Waals surface area contributed by atoms with Gasteiger partial charge in [0.1, 0.15) is 5.75 Å². The van der Waals surface area contributed by atoms with Gasteiger partial charge in [-0.3, -0.25) is 10.1 Å². The van der Waals surface area contributed by atoms with Crippen molar-refractivity contribution in [2.45, 2.75) is 32.0 Å². The van der Waals surface area contributed by atoms with Crippen molar-refractivity contribution in [2.75, 3.05) is 23.0 Å². The van der Waals surface area contributed by atoms with Crippen molar-refractivity contribution in [3.05, 3.63) is 96.1 Å². The van der Waals surface area contributed by atoms with E-state index in [0.717, 1.165) is 0 Å². The standard InChI is InChI=1S/C29H30N4O5/c1-2-37-26(9-5-6-10-27(35)33-25-8-4-3-7-24(25)31)28(21-13-17-23(34)18-14-21)38-29(36)32-22-15-11-20(19-30)12-16-22/h3-4,6-8,10-18,26,28,34H,2,5,9,31H2,1H3,(H,32,36)(H,33,35)/b10-6+/t26-,28-/m1/s1. The molecule has 9 heteroatoms. The van der Waals surface area contributed by atoms with Crippen LogP contribution in [0, 0.1) is 11.3 Å². The van der Waals surface area contributed by atoms with E-state index in [1.165, 1.54) is 18.2 Å². The highest BCUT2D eigenvalue weighted by molar-refractivity contribution is 6.01. The zero-order valence-electron chi connectivity index (χ0n) is 21.0. The average Bonchev–Trinajstić information content (AvgIpc) is 2.91. The van der Waals surface area contributed by atoms with Crippen LogP contribution in [0.3, 0.4) is 0 Å². The number of phenols is 1. The number of nitrogens with zero attached hydrogens (tertiary/aromatic N) is 1. The lowest BCUT2D eigenvalue weighted by molar-refractivity contribution is -0.111. The number of benzene rings is 3. The molecule has 0 aliphatic heterocycles. The molecule has 0 fully saturated rings. The third-order valence-corrected chi connectivity index (χ3v) is 5.54. The Balaban J connectivity index is 1.68. The molecule has 0 heterocycles. The van der Waals surface area contributed by atoms with E-state index in [1.807, 2.05) is 13.0 Å². The third kappa shape index (κ3) is 8.40. The number of ether oxygens (including phenoxy) is 2. The van der Waals surface area contributed by atoms with Gasteiger partial charge in [-0.05, 0) is 79.9 Å². The highest BCUT2D eigenvalue weighted by Gasteiger charge is 2.27. The number of rotatable bonds is 11. The summed E-state index contributed by atoms with van der Waals surface area (Å²) in [5.41, 5.74) is 8.44. The average molecular weight is 515 g/mol. The molecule has 2 amide bonds. The summed E-state index contributed by atoms with van der Waals surface area (Å²) in [5.74, 6) is -0.237. The van der Waals surface area contributed by atoms with Crippen molar-refractivity contribution < 1.29 is 24.2 Å². The molecule has 3 aromatic rings. The number of aromatic hydroxyl groups is 1. The van der Waals surface area contributed by atoms with E-state index in [-0.39, 0.29) is 11.7 Å². The molecule has 9 nitrogen and oxygen atoms in total. The fourth-order valence-electron chi connectivity index (χ4n) is 3.69. The second-order valence-electron chi connectivity index (χ2n) is 8.28. The number of nitriles is 1. The molecule has 0 saturated heterocycles. The number of hydrogen-bond donors (Lipinski definition) is 4. The van der Waals surface area contributed by atoms with Crippen LogP contribution in [0.15, 0.2) is 84.9 Å². The Kier molecular flexibility index (Phi) is 10.3. The van der Waals surface area contributed by atoms with E-state index in [4.69, 9.17) is 20.5 Å². The molecular formula is C29H30N4O5. The fourth-order valence-corrected chi connectivity index (χ4v) is 3.69. The summed E-state index contributed by atoms with van der Waals surface area (Å²) >= 11 is 0. The quantitative estimate of drug-likeness (QED) is 0.195. The van der Waals surface area contributed by atoms with Gasteiger partial charge in [-0.15, -0.1) is 0 Å². The summed E-state index contributed by atoms with van der Waals surface area (Å²) in [6, 6.07) is 21.7. The molecule has 3 aromatic carbocycles.